The van der Waals surface area contributed by atoms with Crippen LogP contribution in [0.25, 0.3) is 0 Å². The summed E-state index contributed by atoms with van der Waals surface area (Å²) in [4.78, 5) is 2.46. The van der Waals surface area contributed by atoms with Crippen molar-refractivity contribution in [3.05, 3.63) is 23.3 Å². The summed E-state index contributed by atoms with van der Waals surface area (Å²) in [6.45, 7) is 10.9. The van der Waals surface area contributed by atoms with Crippen LogP contribution in [0.15, 0.2) is 12.1 Å². The highest BCUT2D eigenvalue weighted by Gasteiger charge is 2.40. The lowest BCUT2D eigenvalue weighted by molar-refractivity contribution is -0.149. The number of benzene rings is 1. The van der Waals surface area contributed by atoms with Gasteiger partial charge in [0.15, 0.2) is 11.5 Å². The average molecular weight is 390 g/mol. The molecule has 2 fully saturated rings. The van der Waals surface area contributed by atoms with E-state index in [0.717, 1.165) is 43.5 Å². The van der Waals surface area contributed by atoms with E-state index in [9.17, 15) is 5.11 Å². The number of nitrogens with zero attached hydrogens (tertiary/aromatic N) is 1. The molecule has 2 unspecified atom stereocenters. The van der Waals surface area contributed by atoms with Crippen molar-refractivity contribution in [2.45, 2.75) is 70.8 Å². The molecule has 28 heavy (non-hydrogen) atoms. The van der Waals surface area contributed by atoms with E-state index >= 15 is 0 Å². The molecule has 5 atom stereocenters. The number of ether oxygens (including phenoxy) is 3. The lowest BCUT2D eigenvalue weighted by Gasteiger charge is -2.46. The summed E-state index contributed by atoms with van der Waals surface area (Å²) in [6, 6.07) is 4.52. The summed E-state index contributed by atoms with van der Waals surface area (Å²) in [7, 11) is 1.71. The van der Waals surface area contributed by atoms with Crippen molar-refractivity contribution < 1.29 is 19.3 Å². The molecule has 0 radical (unpaired) electrons. The van der Waals surface area contributed by atoms with Crippen molar-refractivity contribution >= 4 is 0 Å². The van der Waals surface area contributed by atoms with Gasteiger partial charge in [0.1, 0.15) is 0 Å². The first kappa shape index (κ1) is 20.0. The van der Waals surface area contributed by atoms with Gasteiger partial charge in [-0.3, -0.25) is 4.90 Å². The molecule has 1 N–H and O–H groups in total. The number of hydrogen-bond donors (Lipinski definition) is 1. The maximum absolute atomic E-state index is 10.7. The van der Waals surface area contributed by atoms with E-state index in [1.807, 2.05) is 20.8 Å². The van der Waals surface area contributed by atoms with Gasteiger partial charge in [0, 0.05) is 19.1 Å². The second-order valence-corrected chi connectivity index (χ2v) is 9.82. The van der Waals surface area contributed by atoms with Crippen LogP contribution in [0.1, 0.15) is 57.7 Å². The van der Waals surface area contributed by atoms with Crippen LogP contribution >= 0.6 is 0 Å². The molecule has 1 aliphatic carbocycles. The maximum Gasteiger partial charge on any atom is 0.161 e. The third-order valence-electron chi connectivity index (χ3n) is 6.44. The first-order chi connectivity index (χ1) is 13.2. The molecule has 1 aromatic carbocycles. The molecule has 3 aliphatic rings. The third-order valence-corrected chi connectivity index (χ3v) is 6.44. The van der Waals surface area contributed by atoms with Crippen molar-refractivity contribution in [2.75, 3.05) is 26.8 Å². The van der Waals surface area contributed by atoms with Crippen LogP contribution in [-0.2, 0) is 11.2 Å². The number of methoxy groups -OCH3 is 1. The topological polar surface area (TPSA) is 51.2 Å². The largest absolute Gasteiger partial charge is 0.493 e. The van der Waals surface area contributed by atoms with Crippen LogP contribution in [0.4, 0.5) is 0 Å². The van der Waals surface area contributed by atoms with Crippen molar-refractivity contribution in [2.24, 2.45) is 11.8 Å². The van der Waals surface area contributed by atoms with Gasteiger partial charge >= 0.3 is 0 Å². The van der Waals surface area contributed by atoms with E-state index < -0.39 is 6.10 Å². The number of aliphatic hydroxyl groups excluding tert-OH is 1. The fourth-order valence-electron chi connectivity index (χ4n) is 4.66. The Kier molecular flexibility index (Phi) is 5.36. The van der Waals surface area contributed by atoms with E-state index in [2.05, 4.69) is 24.0 Å². The molecule has 1 aromatic rings. The minimum Gasteiger partial charge on any atom is -0.493 e. The molecule has 0 bridgehead atoms. The second kappa shape index (κ2) is 7.51. The van der Waals surface area contributed by atoms with Gasteiger partial charge in [0.2, 0.25) is 0 Å². The van der Waals surface area contributed by atoms with Crippen LogP contribution in [0.2, 0.25) is 0 Å². The molecule has 2 aliphatic heterocycles. The maximum atomic E-state index is 10.7. The lowest BCUT2D eigenvalue weighted by Crippen LogP contribution is -2.53. The first-order valence-corrected chi connectivity index (χ1v) is 10.7. The van der Waals surface area contributed by atoms with Crippen molar-refractivity contribution in [1.29, 1.82) is 0 Å². The lowest BCUT2D eigenvalue weighted by atomic mass is 9.84. The zero-order valence-electron chi connectivity index (χ0n) is 17.9. The summed E-state index contributed by atoms with van der Waals surface area (Å²) < 4.78 is 17.9. The Morgan fingerprint density at radius 3 is 2.57 bits per heavy atom. The molecule has 1 saturated heterocycles. The molecule has 156 valence electrons. The summed E-state index contributed by atoms with van der Waals surface area (Å²) in [5.41, 5.74) is 2.34. The number of aliphatic hydroxyl groups is 1. The van der Waals surface area contributed by atoms with Crippen LogP contribution in [0.3, 0.4) is 0 Å². The van der Waals surface area contributed by atoms with E-state index in [1.165, 1.54) is 17.5 Å². The minimum atomic E-state index is -0.454. The van der Waals surface area contributed by atoms with Crippen molar-refractivity contribution in [3.8, 4) is 11.5 Å². The molecular weight excluding hydrogens is 354 g/mol. The molecule has 0 spiro atoms. The Balaban J connectivity index is 1.52. The Morgan fingerprint density at radius 1 is 1.18 bits per heavy atom. The second-order valence-electron chi connectivity index (χ2n) is 9.82. The fraction of sp³-hybridized carbons (Fsp3) is 0.739. The molecule has 0 aromatic heterocycles. The quantitative estimate of drug-likeness (QED) is 0.834. The molecular formula is C23H35NO4. The van der Waals surface area contributed by atoms with E-state index in [-0.39, 0.29) is 17.7 Å². The van der Waals surface area contributed by atoms with E-state index in [4.69, 9.17) is 14.2 Å². The fourth-order valence-corrected chi connectivity index (χ4v) is 4.66. The minimum absolute atomic E-state index is 0.136. The summed E-state index contributed by atoms with van der Waals surface area (Å²) in [5.74, 6) is 3.13. The zero-order valence-corrected chi connectivity index (χ0v) is 17.9. The van der Waals surface area contributed by atoms with Crippen molar-refractivity contribution in [1.82, 2.24) is 4.90 Å². The molecule has 2 heterocycles. The van der Waals surface area contributed by atoms with E-state index in [1.54, 1.807) is 7.11 Å². The van der Waals surface area contributed by atoms with Gasteiger partial charge in [-0.05, 0) is 75.1 Å². The standard InChI is InChI=1S/C23H35NO4/c1-14-8-16(14)13-27-21-9-15-6-7-24-12-22(28-23(2,3)4)19(25)11-18(24)17(15)10-20(21)26-5/h9-10,14,16,18-19,22,25H,6-8,11-13H2,1-5H3/t14?,16?,18-,19-,22-/m1/s1. The predicted molar refractivity (Wildman–Crippen MR) is 109 cm³/mol. The van der Waals surface area contributed by atoms with Crippen LogP contribution in [-0.4, -0.2) is 54.6 Å². The van der Waals surface area contributed by atoms with Gasteiger partial charge in [0.05, 0.1) is 31.5 Å². The Bertz CT molecular complexity index is 713. The SMILES string of the molecule is COc1cc2c(cc1OCC1CC1C)CCN1C[C@@H](OC(C)(C)C)[C@H](O)C[C@H]21. The molecule has 0 amide bonds. The van der Waals surface area contributed by atoms with E-state index in [0.29, 0.717) is 12.3 Å². The third kappa shape index (κ3) is 4.17. The van der Waals surface area contributed by atoms with Crippen LogP contribution in [0.5, 0.6) is 11.5 Å². The number of hydrogen-bond acceptors (Lipinski definition) is 5. The Labute approximate surface area is 169 Å². The highest BCUT2D eigenvalue weighted by Crippen LogP contribution is 2.44. The summed E-state index contributed by atoms with van der Waals surface area (Å²) >= 11 is 0. The average Bonchev–Trinajstić information content (AvgIpc) is 3.34. The van der Waals surface area contributed by atoms with Gasteiger partial charge in [-0.15, -0.1) is 0 Å². The Hall–Kier alpha value is -1.30. The normalized spacial score (nSPS) is 32.4. The first-order valence-electron chi connectivity index (χ1n) is 10.7. The predicted octanol–water partition coefficient (Wildman–Crippen LogP) is 3.58. The van der Waals surface area contributed by atoms with Gasteiger partial charge < -0.3 is 19.3 Å². The molecule has 5 heteroatoms. The van der Waals surface area contributed by atoms with Crippen LogP contribution in [0, 0.1) is 11.8 Å². The van der Waals surface area contributed by atoms with Gasteiger partial charge in [-0.1, -0.05) is 6.92 Å². The van der Waals surface area contributed by atoms with Crippen LogP contribution < -0.4 is 9.47 Å². The van der Waals surface area contributed by atoms with Crippen molar-refractivity contribution in [3.63, 3.8) is 0 Å². The molecule has 4 rings (SSSR count). The zero-order chi connectivity index (χ0) is 20.1. The summed E-state index contributed by atoms with van der Waals surface area (Å²) in [6.07, 6.45) is 2.36. The number of rotatable bonds is 5. The Morgan fingerprint density at radius 2 is 1.93 bits per heavy atom. The smallest absolute Gasteiger partial charge is 0.161 e. The van der Waals surface area contributed by atoms with Gasteiger partial charge in [-0.2, -0.15) is 0 Å². The molecule has 5 nitrogen and oxygen atoms in total. The molecule has 1 saturated carbocycles. The number of piperidine rings is 1. The number of fused-ring (bicyclic) bond motifs is 3. The summed E-state index contributed by atoms with van der Waals surface area (Å²) in [5, 5.41) is 10.7. The van der Waals surface area contributed by atoms with Gasteiger partial charge in [-0.25, -0.2) is 0 Å². The highest BCUT2D eigenvalue weighted by atomic mass is 16.5. The highest BCUT2D eigenvalue weighted by molar-refractivity contribution is 5.49. The monoisotopic (exact) mass is 389 g/mol. The van der Waals surface area contributed by atoms with Gasteiger partial charge in [0.25, 0.3) is 0 Å².